The Labute approximate surface area is 240 Å². The summed E-state index contributed by atoms with van der Waals surface area (Å²) in [5.41, 5.74) is 1.95. The van der Waals surface area contributed by atoms with E-state index >= 15 is 0 Å². The lowest BCUT2D eigenvalue weighted by atomic mass is 10.1. The molecule has 3 aromatic rings. The highest BCUT2D eigenvalue weighted by molar-refractivity contribution is 7.92. The van der Waals surface area contributed by atoms with E-state index < -0.39 is 28.5 Å². The number of carbonyl (C=O) groups excluding carboxylic acids is 2. The van der Waals surface area contributed by atoms with E-state index in [4.69, 9.17) is 23.2 Å². The zero-order valence-corrected chi connectivity index (χ0v) is 24.7. The van der Waals surface area contributed by atoms with Crippen LogP contribution >= 0.6 is 23.2 Å². The van der Waals surface area contributed by atoms with Crippen LogP contribution in [0.25, 0.3) is 0 Å². The Morgan fingerprint density at radius 1 is 0.897 bits per heavy atom. The highest BCUT2D eigenvalue weighted by Crippen LogP contribution is 2.30. The van der Waals surface area contributed by atoms with Crippen molar-refractivity contribution in [2.24, 2.45) is 5.92 Å². The van der Waals surface area contributed by atoms with E-state index in [1.807, 2.05) is 45.0 Å². The molecule has 0 spiro atoms. The van der Waals surface area contributed by atoms with Crippen molar-refractivity contribution < 1.29 is 18.0 Å². The first-order valence-electron chi connectivity index (χ1n) is 12.5. The van der Waals surface area contributed by atoms with Crippen LogP contribution < -0.4 is 9.62 Å². The second-order valence-corrected chi connectivity index (χ2v) is 12.5. The SMILES string of the molecule is Cc1cccc(CN(C(=O)CN(c2cc(Cl)cc(Cl)c2)S(=O)(=O)c2ccccc2)[C@@H](C)C(=O)NCC(C)C)c1. The topological polar surface area (TPSA) is 86.8 Å². The fraction of sp³-hybridized carbons (Fsp3) is 0.310. The zero-order chi connectivity index (χ0) is 28.7. The number of rotatable bonds is 11. The molecule has 3 aromatic carbocycles. The van der Waals surface area contributed by atoms with Crippen LogP contribution in [0, 0.1) is 12.8 Å². The molecule has 208 valence electrons. The molecule has 1 atom stereocenters. The van der Waals surface area contributed by atoms with E-state index in [2.05, 4.69) is 5.32 Å². The third-order valence-electron chi connectivity index (χ3n) is 6.03. The number of aryl methyl sites for hydroxylation is 1. The summed E-state index contributed by atoms with van der Waals surface area (Å²) in [5, 5.41) is 3.31. The molecule has 0 fully saturated rings. The van der Waals surface area contributed by atoms with Crippen LogP contribution in [0.3, 0.4) is 0 Å². The third kappa shape index (κ3) is 8.21. The molecule has 0 saturated carbocycles. The van der Waals surface area contributed by atoms with Crippen LogP contribution in [-0.2, 0) is 26.2 Å². The van der Waals surface area contributed by atoms with E-state index in [0.717, 1.165) is 15.4 Å². The number of halogens is 2. The lowest BCUT2D eigenvalue weighted by molar-refractivity contribution is -0.139. The number of hydrogen-bond acceptors (Lipinski definition) is 4. The molecule has 2 amide bonds. The first-order valence-corrected chi connectivity index (χ1v) is 14.7. The molecule has 0 unspecified atom stereocenters. The molecule has 7 nitrogen and oxygen atoms in total. The Kier molecular flexibility index (Phi) is 10.4. The predicted octanol–water partition coefficient (Wildman–Crippen LogP) is 5.69. The predicted molar refractivity (Wildman–Crippen MR) is 156 cm³/mol. The minimum absolute atomic E-state index is 0.00172. The van der Waals surface area contributed by atoms with Gasteiger partial charge in [-0.2, -0.15) is 0 Å². The summed E-state index contributed by atoms with van der Waals surface area (Å²) < 4.78 is 28.6. The number of amides is 2. The van der Waals surface area contributed by atoms with Gasteiger partial charge in [0, 0.05) is 23.1 Å². The number of hydrogen-bond donors (Lipinski definition) is 1. The van der Waals surface area contributed by atoms with Gasteiger partial charge in [-0.1, -0.05) is 85.1 Å². The molecule has 0 aliphatic rings. The average molecular weight is 591 g/mol. The minimum Gasteiger partial charge on any atom is -0.354 e. The molecule has 3 rings (SSSR count). The van der Waals surface area contributed by atoms with Crippen molar-refractivity contribution in [3.05, 3.63) is 94.0 Å². The molecule has 0 radical (unpaired) electrons. The maximum Gasteiger partial charge on any atom is 0.264 e. The van der Waals surface area contributed by atoms with Gasteiger partial charge >= 0.3 is 0 Å². The van der Waals surface area contributed by atoms with E-state index in [1.54, 1.807) is 25.1 Å². The van der Waals surface area contributed by atoms with E-state index in [9.17, 15) is 18.0 Å². The Balaban J connectivity index is 2.03. The summed E-state index contributed by atoms with van der Waals surface area (Å²) in [6.45, 7) is 7.52. The van der Waals surface area contributed by atoms with Gasteiger partial charge in [-0.25, -0.2) is 8.42 Å². The van der Waals surface area contributed by atoms with Crippen molar-refractivity contribution >= 4 is 50.7 Å². The van der Waals surface area contributed by atoms with Crippen LogP contribution in [0.1, 0.15) is 31.9 Å². The summed E-state index contributed by atoms with van der Waals surface area (Å²) >= 11 is 12.4. The normalized spacial score (nSPS) is 12.2. The van der Waals surface area contributed by atoms with Gasteiger partial charge in [0.05, 0.1) is 10.6 Å². The molecule has 0 heterocycles. The fourth-order valence-corrected chi connectivity index (χ4v) is 5.91. The van der Waals surface area contributed by atoms with Gasteiger partial charge in [-0.15, -0.1) is 0 Å². The molecule has 1 N–H and O–H groups in total. The van der Waals surface area contributed by atoms with E-state index in [0.29, 0.717) is 6.54 Å². The van der Waals surface area contributed by atoms with Crippen LogP contribution in [0.2, 0.25) is 10.0 Å². The van der Waals surface area contributed by atoms with Crippen molar-refractivity contribution in [3.8, 4) is 0 Å². The lowest BCUT2D eigenvalue weighted by Crippen LogP contribution is -2.51. The molecule has 0 aromatic heterocycles. The van der Waals surface area contributed by atoms with Crippen molar-refractivity contribution in [2.75, 3.05) is 17.4 Å². The number of sulfonamides is 1. The first-order chi connectivity index (χ1) is 18.4. The summed E-state index contributed by atoms with van der Waals surface area (Å²) in [4.78, 5) is 28.4. The zero-order valence-electron chi connectivity index (χ0n) is 22.4. The van der Waals surface area contributed by atoms with Gasteiger partial charge in [0.25, 0.3) is 10.0 Å². The Morgan fingerprint density at radius 3 is 2.13 bits per heavy atom. The van der Waals surface area contributed by atoms with Crippen LogP contribution in [0.4, 0.5) is 5.69 Å². The van der Waals surface area contributed by atoms with Gasteiger partial charge in [0.2, 0.25) is 11.8 Å². The highest BCUT2D eigenvalue weighted by atomic mass is 35.5. The second-order valence-electron chi connectivity index (χ2n) is 9.78. The van der Waals surface area contributed by atoms with Crippen molar-refractivity contribution in [1.29, 1.82) is 0 Å². The number of anilines is 1. The maximum absolute atomic E-state index is 13.9. The van der Waals surface area contributed by atoms with Gasteiger partial charge < -0.3 is 10.2 Å². The Hall–Kier alpha value is -3.07. The van der Waals surface area contributed by atoms with Gasteiger partial charge in [0.15, 0.2) is 0 Å². The van der Waals surface area contributed by atoms with Crippen LogP contribution in [0.15, 0.2) is 77.7 Å². The highest BCUT2D eigenvalue weighted by Gasteiger charge is 2.32. The first kappa shape index (κ1) is 30.5. The van der Waals surface area contributed by atoms with Gasteiger partial charge in [-0.3, -0.25) is 13.9 Å². The molecule has 10 heteroatoms. The lowest BCUT2D eigenvalue weighted by Gasteiger charge is -2.32. The van der Waals surface area contributed by atoms with Gasteiger partial charge in [0.1, 0.15) is 12.6 Å². The van der Waals surface area contributed by atoms with Crippen LogP contribution in [-0.4, -0.2) is 44.3 Å². The number of benzene rings is 3. The maximum atomic E-state index is 13.9. The molecule has 0 bridgehead atoms. The average Bonchev–Trinajstić information content (AvgIpc) is 2.88. The van der Waals surface area contributed by atoms with Crippen molar-refractivity contribution in [2.45, 2.75) is 45.2 Å². The summed E-state index contributed by atoms with van der Waals surface area (Å²) in [5.74, 6) is -0.659. The largest absolute Gasteiger partial charge is 0.354 e. The third-order valence-corrected chi connectivity index (χ3v) is 8.26. The van der Waals surface area contributed by atoms with Crippen LogP contribution in [0.5, 0.6) is 0 Å². The fourth-order valence-electron chi connectivity index (χ4n) is 3.97. The molecule has 0 saturated heterocycles. The van der Waals surface area contributed by atoms with Crippen molar-refractivity contribution in [3.63, 3.8) is 0 Å². The standard InChI is InChI=1S/C29H33Cl2N3O4S/c1-20(2)17-32-29(36)22(4)33(18-23-10-8-9-21(3)13-23)28(35)19-34(26-15-24(30)14-25(31)16-26)39(37,38)27-11-6-5-7-12-27/h5-16,20,22H,17-19H2,1-4H3,(H,32,36)/t22-/m0/s1. The monoisotopic (exact) mass is 589 g/mol. The summed E-state index contributed by atoms with van der Waals surface area (Å²) in [6, 6.07) is 18.9. The molecule has 0 aliphatic carbocycles. The molecule has 39 heavy (non-hydrogen) atoms. The Morgan fingerprint density at radius 2 is 1.54 bits per heavy atom. The number of nitrogens with one attached hydrogen (secondary N) is 1. The van der Waals surface area contributed by atoms with E-state index in [1.165, 1.54) is 35.2 Å². The number of carbonyl (C=O) groups is 2. The smallest absolute Gasteiger partial charge is 0.264 e. The molecule has 0 aliphatic heterocycles. The summed E-state index contributed by atoms with van der Waals surface area (Å²) in [7, 11) is -4.20. The molecular formula is C29H33Cl2N3O4S. The summed E-state index contributed by atoms with van der Waals surface area (Å²) in [6.07, 6.45) is 0. The van der Waals surface area contributed by atoms with Crippen molar-refractivity contribution in [1.82, 2.24) is 10.2 Å². The molecular weight excluding hydrogens is 557 g/mol. The van der Waals surface area contributed by atoms with E-state index in [-0.39, 0.29) is 39.0 Å². The Bertz CT molecular complexity index is 1390. The quantitative estimate of drug-likeness (QED) is 0.311. The minimum atomic E-state index is -4.20. The number of nitrogens with zero attached hydrogens (tertiary/aromatic N) is 2. The van der Waals surface area contributed by atoms with Gasteiger partial charge in [-0.05, 0) is 55.7 Å². The second kappa shape index (κ2) is 13.3.